The van der Waals surface area contributed by atoms with Gasteiger partial charge < -0.3 is 5.73 Å². The molecule has 2 N–H and O–H groups in total. The van der Waals surface area contributed by atoms with E-state index in [-0.39, 0.29) is 92.6 Å². The Morgan fingerprint density at radius 3 is 0.884 bits per heavy atom. The molecule has 4 saturated heterocycles. The fourth-order valence-electron chi connectivity index (χ4n) is 15.2. The summed E-state index contributed by atoms with van der Waals surface area (Å²) in [7, 11) is -16.3. The molecule has 0 amide bonds. The lowest BCUT2D eigenvalue weighted by molar-refractivity contribution is 0.138. The van der Waals surface area contributed by atoms with Crippen LogP contribution >= 0.6 is 46.1 Å². The first kappa shape index (κ1) is 89.3. The molecule has 5 aromatic carbocycles. The van der Waals surface area contributed by atoms with Crippen molar-refractivity contribution in [3.8, 4) is 0 Å². The fourth-order valence-corrected chi connectivity index (χ4v) is 23.9. The van der Waals surface area contributed by atoms with Crippen molar-refractivity contribution in [1.82, 2.24) is 82.4 Å². The van der Waals surface area contributed by atoms with Gasteiger partial charge in [0.2, 0.25) is 0 Å². The number of piperidine rings is 4. The lowest BCUT2D eigenvalue weighted by atomic mass is 9.94. The first-order valence-electron chi connectivity index (χ1n) is 38.3. The molecule has 26 nitrogen and oxygen atoms in total. The molecule has 4 aliphatic heterocycles. The Labute approximate surface area is 709 Å². The van der Waals surface area contributed by atoms with Crippen molar-refractivity contribution in [3.05, 3.63) is 270 Å². The fraction of sp³-hybridized carbons (Fsp3) is 0.354. The molecule has 0 radical (unpaired) electrons. The molecule has 4 fully saturated rings. The number of hydrogen-bond donors (Lipinski definition) is 1. The van der Waals surface area contributed by atoms with Crippen LogP contribution in [0, 0.1) is 46.5 Å². The van der Waals surface area contributed by atoms with Crippen LogP contribution in [0.15, 0.2) is 179 Å². The average molecular weight is 1820 g/mol. The highest BCUT2D eigenvalue weighted by Crippen LogP contribution is 2.39. The van der Waals surface area contributed by atoms with E-state index in [2.05, 4.69) is 82.4 Å². The van der Waals surface area contributed by atoms with Gasteiger partial charge in [-0.15, -0.1) is 0 Å². The van der Waals surface area contributed by atoms with Gasteiger partial charge in [0.1, 0.15) is 140 Å². The van der Waals surface area contributed by atoms with Crippen molar-refractivity contribution in [3.63, 3.8) is 0 Å². The van der Waals surface area contributed by atoms with Gasteiger partial charge in [-0.1, -0.05) is 56.0 Å². The van der Waals surface area contributed by atoms with Crippen LogP contribution in [0.5, 0.6) is 0 Å². The Kier molecular flexibility index (Phi) is 30.0. The molecule has 12 aromatic rings. The van der Waals surface area contributed by atoms with Crippen molar-refractivity contribution < 1.29 is 68.8 Å². The van der Waals surface area contributed by atoms with Crippen LogP contribution < -0.4 is 5.73 Å². The number of nitrogens with two attached hydrogens (primary N) is 1. The monoisotopic (exact) mass is 1820 g/mol. The summed E-state index contributed by atoms with van der Waals surface area (Å²) in [4.78, 5) is 24.9. The zero-order valence-corrected chi connectivity index (χ0v) is 71.1. The molecule has 638 valence electrons. The predicted molar refractivity (Wildman–Crippen MR) is 436 cm³/mol. The van der Waals surface area contributed by atoms with E-state index in [1.807, 2.05) is 48.5 Å². The second kappa shape index (κ2) is 40.7. The third kappa shape index (κ3) is 23.3. The molecule has 4 aliphatic rings. The van der Waals surface area contributed by atoms with Crippen molar-refractivity contribution in [2.45, 2.75) is 170 Å². The molecule has 0 bridgehead atoms. The second-order valence-electron chi connectivity index (χ2n) is 29.1. The Hall–Kier alpha value is -9.47. The normalized spacial score (nSPS) is 17.8. The molecule has 0 aliphatic carbocycles. The van der Waals surface area contributed by atoms with Gasteiger partial charge in [0.05, 0.1) is 12.4 Å². The quantitative estimate of drug-likeness (QED) is 0.0549. The number of hydrogen-bond acceptors (Lipinski definition) is 30. The van der Waals surface area contributed by atoms with E-state index in [0.29, 0.717) is 12.4 Å². The van der Waals surface area contributed by atoms with Gasteiger partial charge >= 0.3 is 0 Å². The SMILES string of the molecule is Nc1cc([C@H]2CCCCN2Cc2cc(F)c(S(=O)(=O)Cc3ncns3)cc2F)ccn1.O=S(=O)(Cc1ncns1)c1cc(F)c(CN2CCCC[C@@H]2c2ccnnc2)cc1F.O=S(=O)(Cc1ncns1)c1cc(F)c(CN2CCCC[C@H]2c2ccccc2)cc1F.O=S(=O)(Cc1ncns1)c1cc(F)c(CN2CCCC[C@H]2c2ccnnc2)cc1F. The molecular formula is C79H80F8N18O8S8. The number of pyridine rings is 1. The molecule has 0 saturated carbocycles. The van der Waals surface area contributed by atoms with Gasteiger partial charge in [-0.3, -0.25) is 19.6 Å². The topological polar surface area (TPSA) is 343 Å². The lowest BCUT2D eigenvalue weighted by Gasteiger charge is -2.36. The summed E-state index contributed by atoms with van der Waals surface area (Å²) in [5, 5.41) is 16.3. The van der Waals surface area contributed by atoms with E-state index in [4.69, 9.17) is 5.73 Å². The summed E-state index contributed by atoms with van der Waals surface area (Å²) < 4.78 is 233. The molecule has 7 aromatic heterocycles. The highest BCUT2D eigenvalue weighted by molar-refractivity contribution is 7.91. The van der Waals surface area contributed by atoms with Gasteiger partial charge in [-0.2, -0.15) is 37.9 Å². The van der Waals surface area contributed by atoms with Crippen LogP contribution in [0.2, 0.25) is 0 Å². The van der Waals surface area contributed by atoms with E-state index in [1.54, 1.807) is 37.1 Å². The number of rotatable bonds is 24. The zero-order valence-electron chi connectivity index (χ0n) is 64.5. The van der Waals surface area contributed by atoms with Crippen molar-refractivity contribution >= 4 is 91.3 Å². The minimum absolute atomic E-state index is 0.00215. The average Bonchev–Trinajstić information content (AvgIpc) is 1.73. The minimum atomic E-state index is -4.09. The van der Waals surface area contributed by atoms with Gasteiger partial charge in [0.25, 0.3) is 0 Å². The van der Waals surface area contributed by atoms with E-state index in [1.165, 1.54) is 25.3 Å². The van der Waals surface area contributed by atoms with Crippen LogP contribution in [0.1, 0.15) is 166 Å². The number of sulfone groups is 4. The predicted octanol–water partition coefficient (Wildman–Crippen LogP) is 14.6. The highest BCUT2D eigenvalue weighted by Gasteiger charge is 2.34. The van der Waals surface area contributed by atoms with Crippen LogP contribution in [-0.4, -0.2) is 142 Å². The zero-order chi connectivity index (χ0) is 85.4. The van der Waals surface area contributed by atoms with Gasteiger partial charge in [-0.25, -0.2) is 93.7 Å². The molecule has 121 heavy (non-hydrogen) atoms. The number of benzene rings is 5. The standard InChI is InChI=1S/C21H21F2N3O2S2.C20H21F2N5O2S2.2C19H19F2N5O2S2/c22-17-11-20(30(27,28)13-21-24-14-25-29-21)18(23)10-16(17)12-26-9-5-4-8-19(26)15-6-2-1-3-7-15;21-15-9-18(31(28,29)11-20-25-12-26-30-20)16(22)7-14(15)10-27-6-2-1-3-17(27)13-4-5-24-19(23)8-13;2*20-15-8-18(30(27,28)11-19-22-12-25-29-19)16(21)7-14(15)10-26-6-2-1-3-17(26)13-4-5-23-24-9-13/h1-3,6-7,10-11,14,19H,4-5,8-9,12-13H2;4-5,7-9,12,17H,1-3,6,10-11H2,(H2,23,24);2*4-5,7-9,12,17H,1-3,6,10-11H2/t19-;3*17-/m0110/s1. The minimum Gasteiger partial charge on any atom is -0.384 e. The van der Waals surface area contributed by atoms with E-state index < -0.39 is 128 Å². The summed E-state index contributed by atoms with van der Waals surface area (Å²) >= 11 is 3.63. The summed E-state index contributed by atoms with van der Waals surface area (Å²) in [5.41, 5.74) is 10.4. The van der Waals surface area contributed by atoms with Crippen molar-refractivity contribution in [2.24, 2.45) is 0 Å². The third-order valence-corrected chi connectivity index (χ3v) is 30.8. The Morgan fingerprint density at radius 1 is 0.322 bits per heavy atom. The van der Waals surface area contributed by atoms with Gasteiger partial charge in [0, 0.05) is 91.2 Å². The van der Waals surface area contributed by atoms with E-state index in [9.17, 15) is 68.8 Å². The smallest absolute Gasteiger partial charge is 0.187 e. The molecule has 16 rings (SSSR count). The van der Waals surface area contributed by atoms with E-state index >= 15 is 0 Å². The maximum absolute atomic E-state index is 14.9. The maximum Gasteiger partial charge on any atom is 0.187 e. The van der Waals surface area contributed by atoms with Gasteiger partial charge in [-0.05, 0) is 219 Å². The lowest BCUT2D eigenvalue weighted by Crippen LogP contribution is -2.33. The maximum atomic E-state index is 14.9. The number of nitrogens with zero attached hydrogens (tertiary/aromatic N) is 17. The highest BCUT2D eigenvalue weighted by atomic mass is 32.2. The van der Waals surface area contributed by atoms with Crippen molar-refractivity contribution in [2.75, 3.05) is 31.9 Å². The first-order chi connectivity index (χ1) is 58.1. The molecule has 0 spiro atoms. The Bertz CT molecular complexity index is 5520. The van der Waals surface area contributed by atoms with Crippen LogP contribution in [0.3, 0.4) is 0 Å². The number of anilines is 1. The molecule has 42 heteroatoms. The van der Waals surface area contributed by atoms with E-state index in [0.717, 1.165) is 214 Å². The number of nitrogen functional groups attached to an aromatic ring is 1. The summed E-state index contributed by atoms with van der Waals surface area (Å²) in [6.45, 7) is 3.67. The summed E-state index contributed by atoms with van der Waals surface area (Å²) in [5.74, 6) is -8.45. The first-order valence-corrected chi connectivity index (χ1v) is 48.0. The Morgan fingerprint density at radius 2 is 0.612 bits per heavy atom. The van der Waals surface area contributed by atoms with Crippen LogP contribution in [0.4, 0.5) is 40.9 Å². The van der Waals surface area contributed by atoms with Crippen LogP contribution in [-0.2, 0) is 88.5 Å². The molecular weight excluding hydrogens is 1740 g/mol. The number of likely N-dealkylation sites (tertiary alicyclic amines) is 4. The molecule has 4 atom stereocenters. The van der Waals surface area contributed by atoms with Crippen molar-refractivity contribution in [1.29, 1.82) is 0 Å². The van der Waals surface area contributed by atoms with Crippen LogP contribution in [0.25, 0.3) is 0 Å². The molecule has 0 unspecified atom stereocenters. The van der Waals surface area contributed by atoms with Gasteiger partial charge in [0.15, 0.2) is 39.3 Å². The third-order valence-electron chi connectivity index (χ3n) is 20.9. The number of halogens is 8. The summed E-state index contributed by atoms with van der Waals surface area (Å²) in [6, 6.07) is 24.6. The summed E-state index contributed by atoms with van der Waals surface area (Å²) in [6.07, 6.45) is 24.7. The Balaban J connectivity index is 0.000000139. The number of aromatic nitrogens is 13. The largest absolute Gasteiger partial charge is 0.384 e. The molecule has 11 heterocycles. The second-order valence-corrected chi connectivity index (χ2v) is 40.4.